The summed E-state index contributed by atoms with van der Waals surface area (Å²) < 4.78 is 5.48. The maximum atomic E-state index is 5.48. The van der Waals surface area contributed by atoms with Crippen LogP contribution >= 0.6 is 0 Å². The standard InChI is InChI=1S/C12H18N2O/c1-9(13-14(2)3)10-4-5-12-11(8-10)6-7-15-12/h4-5,8-9,13H,6-7H2,1-3H3. The van der Waals surface area contributed by atoms with Gasteiger partial charge in [-0.3, -0.25) is 5.01 Å². The van der Waals surface area contributed by atoms with Crippen molar-refractivity contribution in [2.24, 2.45) is 0 Å². The van der Waals surface area contributed by atoms with Crippen molar-refractivity contribution in [3.8, 4) is 5.75 Å². The summed E-state index contributed by atoms with van der Waals surface area (Å²) in [6.07, 6.45) is 1.04. The molecule has 1 aromatic carbocycles. The second-order valence-electron chi connectivity index (χ2n) is 4.21. The third-order valence-electron chi connectivity index (χ3n) is 2.67. The molecule has 82 valence electrons. The summed E-state index contributed by atoms with van der Waals surface area (Å²) in [5.41, 5.74) is 5.99. The van der Waals surface area contributed by atoms with Gasteiger partial charge in [0.05, 0.1) is 6.61 Å². The van der Waals surface area contributed by atoms with Gasteiger partial charge < -0.3 is 4.74 Å². The fourth-order valence-corrected chi connectivity index (χ4v) is 1.94. The molecule has 1 aliphatic rings. The Morgan fingerprint density at radius 3 is 2.93 bits per heavy atom. The molecule has 0 amide bonds. The minimum absolute atomic E-state index is 0.339. The van der Waals surface area contributed by atoms with E-state index >= 15 is 0 Å². The van der Waals surface area contributed by atoms with E-state index in [0.717, 1.165) is 18.8 Å². The zero-order chi connectivity index (χ0) is 10.8. The van der Waals surface area contributed by atoms with Gasteiger partial charge in [-0.1, -0.05) is 12.1 Å². The van der Waals surface area contributed by atoms with Crippen LogP contribution in [0.1, 0.15) is 24.1 Å². The van der Waals surface area contributed by atoms with Crippen LogP contribution in [0.2, 0.25) is 0 Å². The summed E-state index contributed by atoms with van der Waals surface area (Å²) >= 11 is 0. The van der Waals surface area contributed by atoms with Crippen LogP contribution < -0.4 is 10.2 Å². The van der Waals surface area contributed by atoms with E-state index in [1.54, 1.807) is 0 Å². The predicted molar refractivity (Wildman–Crippen MR) is 60.9 cm³/mol. The van der Waals surface area contributed by atoms with E-state index in [0.29, 0.717) is 6.04 Å². The molecule has 0 saturated heterocycles. The van der Waals surface area contributed by atoms with Crippen molar-refractivity contribution in [1.82, 2.24) is 10.4 Å². The normalized spacial score (nSPS) is 16.3. The van der Waals surface area contributed by atoms with E-state index in [2.05, 4.69) is 30.5 Å². The largest absolute Gasteiger partial charge is 0.493 e. The molecule has 0 spiro atoms. The summed E-state index contributed by atoms with van der Waals surface area (Å²) in [4.78, 5) is 0. The van der Waals surface area contributed by atoms with Gasteiger partial charge in [-0.15, -0.1) is 0 Å². The number of hydrazine groups is 1. The van der Waals surface area contributed by atoms with Gasteiger partial charge in [0.25, 0.3) is 0 Å². The number of rotatable bonds is 3. The zero-order valence-corrected chi connectivity index (χ0v) is 9.58. The smallest absolute Gasteiger partial charge is 0.122 e. The molecule has 0 aromatic heterocycles. The number of nitrogens with one attached hydrogen (secondary N) is 1. The van der Waals surface area contributed by atoms with Crippen LogP contribution in [0.3, 0.4) is 0 Å². The summed E-state index contributed by atoms with van der Waals surface area (Å²) in [6, 6.07) is 6.78. The molecule has 1 aromatic rings. The van der Waals surface area contributed by atoms with E-state index in [9.17, 15) is 0 Å². The van der Waals surface area contributed by atoms with E-state index in [-0.39, 0.29) is 0 Å². The average molecular weight is 206 g/mol. The van der Waals surface area contributed by atoms with Crippen LogP contribution in [-0.4, -0.2) is 25.7 Å². The van der Waals surface area contributed by atoms with Crippen molar-refractivity contribution in [1.29, 1.82) is 0 Å². The molecule has 1 unspecified atom stereocenters. The van der Waals surface area contributed by atoms with Crippen molar-refractivity contribution in [2.75, 3.05) is 20.7 Å². The van der Waals surface area contributed by atoms with Gasteiger partial charge in [0.2, 0.25) is 0 Å². The Labute approximate surface area is 91.0 Å². The quantitative estimate of drug-likeness (QED) is 0.762. The predicted octanol–water partition coefficient (Wildman–Crippen LogP) is 1.75. The molecule has 1 aliphatic heterocycles. The summed E-state index contributed by atoms with van der Waals surface area (Å²) in [6.45, 7) is 2.99. The molecule has 0 aliphatic carbocycles. The molecular weight excluding hydrogens is 188 g/mol. The van der Waals surface area contributed by atoms with Crippen LogP contribution in [0.5, 0.6) is 5.75 Å². The molecule has 0 fully saturated rings. The molecule has 1 heterocycles. The molecular formula is C12H18N2O. The van der Waals surface area contributed by atoms with Crippen molar-refractivity contribution < 1.29 is 4.74 Å². The van der Waals surface area contributed by atoms with Crippen molar-refractivity contribution in [2.45, 2.75) is 19.4 Å². The first-order valence-corrected chi connectivity index (χ1v) is 5.36. The topological polar surface area (TPSA) is 24.5 Å². The number of nitrogens with zero attached hydrogens (tertiary/aromatic N) is 1. The molecule has 3 nitrogen and oxygen atoms in total. The number of ether oxygens (including phenoxy) is 1. The monoisotopic (exact) mass is 206 g/mol. The number of benzene rings is 1. The Hall–Kier alpha value is -1.06. The fraction of sp³-hybridized carbons (Fsp3) is 0.500. The average Bonchev–Trinajstić information content (AvgIpc) is 2.62. The third-order valence-corrected chi connectivity index (χ3v) is 2.67. The number of hydrogen-bond acceptors (Lipinski definition) is 3. The summed E-state index contributed by atoms with van der Waals surface area (Å²) in [5.74, 6) is 1.05. The maximum absolute atomic E-state index is 5.48. The van der Waals surface area contributed by atoms with Gasteiger partial charge in [-0.2, -0.15) is 0 Å². The highest BCUT2D eigenvalue weighted by molar-refractivity contribution is 5.40. The lowest BCUT2D eigenvalue weighted by Crippen LogP contribution is -2.32. The minimum Gasteiger partial charge on any atom is -0.493 e. The molecule has 0 bridgehead atoms. The third kappa shape index (κ3) is 2.30. The molecule has 3 heteroatoms. The van der Waals surface area contributed by atoms with Crippen molar-refractivity contribution in [3.63, 3.8) is 0 Å². The van der Waals surface area contributed by atoms with Gasteiger partial charge in [-0.25, -0.2) is 5.43 Å². The molecule has 0 radical (unpaired) electrons. The Morgan fingerprint density at radius 1 is 1.40 bits per heavy atom. The van der Waals surface area contributed by atoms with E-state index in [1.165, 1.54) is 11.1 Å². The second kappa shape index (κ2) is 4.21. The maximum Gasteiger partial charge on any atom is 0.122 e. The van der Waals surface area contributed by atoms with E-state index in [4.69, 9.17) is 4.74 Å². The SMILES string of the molecule is CC(NN(C)C)c1ccc2c(c1)CCO2. The van der Waals surface area contributed by atoms with Crippen molar-refractivity contribution in [3.05, 3.63) is 29.3 Å². The highest BCUT2D eigenvalue weighted by atomic mass is 16.5. The fourth-order valence-electron chi connectivity index (χ4n) is 1.94. The Morgan fingerprint density at radius 2 is 2.20 bits per heavy atom. The van der Waals surface area contributed by atoms with Gasteiger partial charge in [-0.05, 0) is 24.1 Å². The molecule has 1 atom stereocenters. The highest BCUT2D eigenvalue weighted by Crippen LogP contribution is 2.27. The first-order chi connectivity index (χ1) is 7.16. The van der Waals surface area contributed by atoms with Crippen LogP contribution in [0.4, 0.5) is 0 Å². The zero-order valence-electron chi connectivity index (χ0n) is 9.58. The Balaban J connectivity index is 2.15. The van der Waals surface area contributed by atoms with Gasteiger partial charge in [0, 0.05) is 26.6 Å². The Bertz CT molecular complexity index is 349. The van der Waals surface area contributed by atoms with Gasteiger partial charge >= 0.3 is 0 Å². The first-order valence-electron chi connectivity index (χ1n) is 5.36. The van der Waals surface area contributed by atoms with Crippen molar-refractivity contribution >= 4 is 0 Å². The highest BCUT2D eigenvalue weighted by Gasteiger charge is 2.14. The molecule has 2 rings (SSSR count). The van der Waals surface area contributed by atoms with E-state index < -0.39 is 0 Å². The molecule has 15 heavy (non-hydrogen) atoms. The molecule has 0 saturated carbocycles. The lowest BCUT2D eigenvalue weighted by atomic mass is 10.0. The number of hydrogen-bond donors (Lipinski definition) is 1. The Kier molecular flexibility index (Phi) is 2.93. The van der Waals surface area contributed by atoms with Crippen LogP contribution in [0.25, 0.3) is 0 Å². The first kappa shape index (κ1) is 10.5. The number of fused-ring (bicyclic) bond motifs is 1. The summed E-state index contributed by atoms with van der Waals surface area (Å²) in [7, 11) is 4.01. The minimum atomic E-state index is 0.339. The van der Waals surface area contributed by atoms with Gasteiger partial charge in [0.15, 0.2) is 0 Å². The lowest BCUT2D eigenvalue weighted by molar-refractivity contribution is 0.252. The summed E-state index contributed by atoms with van der Waals surface area (Å²) in [5, 5.41) is 1.98. The second-order valence-corrected chi connectivity index (χ2v) is 4.21. The van der Waals surface area contributed by atoms with Crippen LogP contribution in [-0.2, 0) is 6.42 Å². The van der Waals surface area contributed by atoms with E-state index in [1.807, 2.05) is 19.1 Å². The lowest BCUT2D eigenvalue weighted by Gasteiger charge is -2.20. The van der Waals surface area contributed by atoms with Gasteiger partial charge in [0.1, 0.15) is 5.75 Å². The molecule has 1 N–H and O–H groups in total. The van der Waals surface area contributed by atoms with Crippen LogP contribution in [0.15, 0.2) is 18.2 Å². The van der Waals surface area contributed by atoms with Crippen LogP contribution in [0, 0.1) is 0 Å².